The van der Waals surface area contributed by atoms with Crippen LogP contribution in [0, 0.1) is 6.92 Å². The third-order valence-electron chi connectivity index (χ3n) is 3.37. The Morgan fingerprint density at radius 1 is 1.04 bits per heavy atom. The molecule has 0 aliphatic carbocycles. The van der Waals surface area contributed by atoms with E-state index in [1.165, 1.54) is 0 Å². The van der Waals surface area contributed by atoms with E-state index in [-0.39, 0.29) is 11.9 Å². The highest BCUT2D eigenvalue weighted by Crippen LogP contribution is 2.15. The van der Waals surface area contributed by atoms with Crippen molar-refractivity contribution in [2.24, 2.45) is 0 Å². The molecule has 0 radical (unpaired) electrons. The van der Waals surface area contributed by atoms with E-state index in [4.69, 9.17) is 9.47 Å². The molecule has 2 aromatic carbocycles. The SMILES string of the molecule is CCOC(=O)c1ccc(NC(=O)C(C)Oc2ccc(C)cc2)cc1. The van der Waals surface area contributed by atoms with Crippen molar-refractivity contribution >= 4 is 17.6 Å². The Kier molecular flexibility index (Phi) is 5.95. The Morgan fingerprint density at radius 3 is 2.25 bits per heavy atom. The topological polar surface area (TPSA) is 64.6 Å². The molecular weight excluding hydrogens is 306 g/mol. The third-order valence-corrected chi connectivity index (χ3v) is 3.37. The second kappa shape index (κ2) is 8.15. The summed E-state index contributed by atoms with van der Waals surface area (Å²) in [6.45, 7) is 5.75. The summed E-state index contributed by atoms with van der Waals surface area (Å²) in [6.07, 6.45) is -0.641. The van der Waals surface area contributed by atoms with Crippen molar-refractivity contribution < 1.29 is 19.1 Å². The summed E-state index contributed by atoms with van der Waals surface area (Å²) in [5.41, 5.74) is 2.16. The van der Waals surface area contributed by atoms with Crippen LogP contribution in [0.1, 0.15) is 29.8 Å². The zero-order valence-electron chi connectivity index (χ0n) is 14.0. The quantitative estimate of drug-likeness (QED) is 0.824. The van der Waals surface area contributed by atoms with Crippen LogP contribution in [0.15, 0.2) is 48.5 Å². The van der Waals surface area contributed by atoms with Crippen molar-refractivity contribution in [3.05, 3.63) is 59.7 Å². The van der Waals surface area contributed by atoms with Gasteiger partial charge in [0.15, 0.2) is 6.10 Å². The summed E-state index contributed by atoms with van der Waals surface area (Å²) in [5, 5.41) is 2.76. The third kappa shape index (κ3) is 4.84. The molecule has 0 aliphatic heterocycles. The minimum absolute atomic E-state index is 0.264. The molecule has 5 nitrogen and oxygen atoms in total. The van der Waals surface area contributed by atoms with Gasteiger partial charge in [-0.25, -0.2) is 4.79 Å². The fraction of sp³-hybridized carbons (Fsp3) is 0.263. The molecule has 2 aromatic rings. The Labute approximate surface area is 141 Å². The van der Waals surface area contributed by atoms with Crippen LogP contribution in [0.5, 0.6) is 5.75 Å². The highest BCUT2D eigenvalue weighted by molar-refractivity contribution is 5.95. The van der Waals surface area contributed by atoms with Crippen LogP contribution in [0.25, 0.3) is 0 Å². The Morgan fingerprint density at radius 2 is 1.67 bits per heavy atom. The first-order valence-corrected chi connectivity index (χ1v) is 7.81. The lowest BCUT2D eigenvalue weighted by molar-refractivity contribution is -0.122. The van der Waals surface area contributed by atoms with E-state index < -0.39 is 6.10 Å². The lowest BCUT2D eigenvalue weighted by Gasteiger charge is -2.15. The molecule has 0 saturated carbocycles. The Balaban J connectivity index is 1.93. The number of benzene rings is 2. The molecule has 24 heavy (non-hydrogen) atoms. The number of esters is 1. The van der Waals surface area contributed by atoms with Gasteiger partial charge in [0.05, 0.1) is 12.2 Å². The van der Waals surface area contributed by atoms with Crippen molar-refractivity contribution in [3.63, 3.8) is 0 Å². The fourth-order valence-corrected chi connectivity index (χ4v) is 2.02. The number of carbonyl (C=O) groups is 2. The van der Waals surface area contributed by atoms with E-state index in [1.807, 2.05) is 31.2 Å². The molecule has 1 unspecified atom stereocenters. The second-order valence-corrected chi connectivity index (χ2v) is 5.36. The summed E-state index contributed by atoms with van der Waals surface area (Å²) >= 11 is 0. The van der Waals surface area contributed by atoms with Crippen LogP contribution in [0.2, 0.25) is 0 Å². The molecule has 126 valence electrons. The summed E-state index contributed by atoms with van der Waals surface area (Å²) < 4.78 is 10.5. The molecule has 1 amide bonds. The first-order chi connectivity index (χ1) is 11.5. The van der Waals surface area contributed by atoms with Crippen molar-refractivity contribution in [2.75, 3.05) is 11.9 Å². The second-order valence-electron chi connectivity index (χ2n) is 5.36. The van der Waals surface area contributed by atoms with Crippen molar-refractivity contribution in [2.45, 2.75) is 26.9 Å². The van der Waals surface area contributed by atoms with Gasteiger partial charge < -0.3 is 14.8 Å². The van der Waals surface area contributed by atoms with Crippen LogP contribution < -0.4 is 10.1 Å². The Bertz CT molecular complexity index is 692. The highest BCUT2D eigenvalue weighted by atomic mass is 16.5. The molecule has 0 heterocycles. The molecule has 0 bridgehead atoms. The normalized spacial score (nSPS) is 11.5. The number of nitrogens with one attached hydrogen (secondary N) is 1. The van der Waals surface area contributed by atoms with E-state index in [1.54, 1.807) is 38.1 Å². The maximum atomic E-state index is 12.2. The van der Waals surface area contributed by atoms with E-state index in [9.17, 15) is 9.59 Å². The lowest BCUT2D eigenvalue weighted by Crippen LogP contribution is -2.30. The standard InChI is InChI=1S/C19H21NO4/c1-4-23-19(22)15-7-9-16(10-8-15)20-18(21)14(3)24-17-11-5-13(2)6-12-17/h5-12,14H,4H2,1-3H3,(H,20,21). The van der Waals surface area contributed by atoms with Crippen LogP contribution in [0.4, 0.5) is 5.69 Å². The van der Waals surface area contributed by atoms with Crippen molar-refractivity contribution in [3.8, 4) is 5.75 Å². The van der Waals surface area contributed by atoms with E-state index >= 15 is 0 Å². The minimum atomic E-state index is -0.641. The van der Waals surface area contributed by atoms with Gasteiger partial charge in [-0.2, -0.15) is 0 Å². The summed E-state index contributed by atoms with van der Waals surface area (Å²) in [7, 11) is 0. The average Bonchev–Trinajstić information content (AvgIpc) is 2.57. The van der Waals surface area contributed by atoms with Gasteiger partial charge in [0.2, 0.25) is 0 Å². The first kappa shape index (κ1) is 17.5. The zero-order chi connectivity index (χ0) is 17.5. The molecule has 0 saturated heterocycles. The number of ether oxygens (including phenoxy) is 2. The van der Waals surface area contributed by atoms with Gasteiger partial charge in [-0.15, -0.1) is 0 Å². The van der Waals surface area contributed by atoms with Crippen LogP contribution in [-0.2, 0) is 9.53 Å². The maximum Gasteiger partial charge on any atom is 0.338 e. The molecule has 0 aliphatic rings. The van der Waals surface area contributed by atoms with Gasteiger partial charge in [-0.3, -0.25) is 4.79 Å². The highest BCUT2D eigenvalue weighted by Gasteiger charge is 2.15. The summed E-state index contributed by atoms with van der Waals surface area (Å²) in [6, 6.07) is 14.0. The lowest BCUT2D eigenvalue weighted by atomic mass is 10.2. The number of anilines is 1. The van der Waals surface area contributed by atoms with E-state index in [0.717, 1.165) is 5.56 Å². The number of hydrogen-bond acceptors (Lipinski definition) is 4. The van der Waals surface area contributed by atoms with Gasteiger partial charge in [-0.05, 0) is 57.2 Å². The smallest absolute Gasteiger partial charge is 0.338 e. The largest absolute Gasteiger partial charge is 0.481 e. The fourth-order valence-electron chi connectivity index (χ4n) is 2.02. The number of hydrogen-bond donors (Lipinski definition) is 1. The van der Waals surface area contributed by atoms with Gasteiger partial charge in [0, 0.05) is 5.69 Å². The van der Waals surface area contributed by atoms with Gasteiger partial charge in [-0.1, -0.05) is 17.7 Å². The van der Waals surface area contributed by atoms with Gasteiger partial charge in [0.25, 0.3) is 5.91 Å². The molecule has 1 atom stereocenters. The molecule has 5 heteroatoms. The van der Waals surface area contributed by atoms with Crippen LogP contribution in [-0.4, -0.2) is 24.6 Å². The summed E-state index contributed by atoms with van der Waals surface area (Å²) in [4.78, 5) is 23.8. The molecule has 1 N–H and O–H groups in total. The molecular formula is C19H21NO4. The summed E-state index contributed by atoms with van der Waals surface area (Å²) in [5.74, 6) is -0.00758. The van der Waals surface area contributed by atoms with Crippen LogP contribution in [0.3, 0.4) is 0 Å². The zero-order valence-corrected chi connectivity index (χ0v) is 14.0. The van der Waals surface area contributed by atoms with E-state index in [0.29, 0.717) is 23.6 Å². The monoisotopic (exact) mass is 327 g/mol. The molecule has 0 fully saturated rings. The molecule has 2 rings (SSSR count). The predicted molar refractivity (Wildman–Crippen MR) is 92.3 cm³/mol. The Hall–Kier alpha value is -2.82. The van der Waals surface area contributed by atoms with Gasteiger partial charge >= 0.3 is 5.97 Å². The molecule has 0 spiro atoms. The maximum absolute atomic E-state index is 12.2. The first-order valence-electron chi connectivity index (χ1n) is 7.81. The average molecular weight is 327 g/mol. The minimum Gasteiger partial charge on any atom is -0.481 e. The van der Waals surface area contributed by atoms with Crippen LogP contribution >= 0.6 is 0 Å². The predicted octanol–water partition coefficient (Wildman–Crippen LogP) is 3.58. The van der Waals surface area contributed by atoms with E-state index in [2.05, 4.69) is 5.32 Å². The number of rotatable bonds is 6. The number of carbonyl (C=O) groups excluding carboxylic acids is 2. The number of amides is 1. The van der Waals surface area contributed by atoms with Crippen molar-refractivity contribution in [1.82, 2.24) is 0 Å². The number of aryl methyl sites for hydroxylation is 1. The van der Waals surface area contributed by atoms with Gasteiger partial charge in [0.1, 0.15) is 5.75 Å². The van der Waals surface area contributed by atoms with Crippen molar-refractivity contribution in [1.29, 1.82) is 0 Å². The molecule has 0 aromatic heterocycles.